The van der Waals surface area contributed by atoms with Gasteiger partial charge in [-0.1, -0.05) is 0 Å². The van der Waals surface area contributed by atoms with Gasteiger partial charge >= 0.3 is 0 Å². The molecule has 0 aromatic carbocycles. The molecule has 0 saturated carbocycles. The summed E-state index contributed by atoms with van der Waals surface area (Å²) in [6, 6.07) is 2.99. The van der Waals surface area contributed by atoms with Crippen LogP contribution in [0.3, 0.4) is 0 Å². The van der Waals surface area contributed by atoms with Crippen LogP contribution in [0, 0.1) is 0 Å². The number of Topliss-reactive ketones (excluding diaryl/α,β-unsaturated/α-hetero) is 1. The SMILES string of the molecule is NC(=O)C1CCN1CC(=O)c1ccco1. The maximum Gasteiger partial charge on any atom is 0.234 e. The van der Waals surface area contributed by atoms with Crippen LogP contribution in [0.4, 0.5) is 0 Å². The lowest BCUT2D eigenvalue weighted by Gasteiger charge is -2.37. The maximum absolute atomic E-state index is 11.6. The first-order chi connectivity index (χ1) is 7.18. The van der Waals surface area contributed by atoms with Gasteiger partial charge in [-0.05, 0) is 18.6 Å². The predicted octanol–water partition coefficient (Wildman–Crippen LogP) is 0.0219. The number of hydrogen-bond acceptors (Lipinski definition) is 4. The van der Waals surface area contributed by atoms with E-state index in [9.17, 15) is 9.59 Å². The molecule has 5 nitrogen and oxygen atoms in total. The van der Waals surface area contributed by atoms with Gasteiger partial charge < -0.3 is 10.2 Å². The first-order valence-corrected chi connectivity index (χ1v) is 4.78. The van der Waals surface area contributed by atoms with Crippen molar-refractivity contribution in [2.75, 3.05) is 13.1 Å². The van der Waals surface area contributed by atoms with Gasteiger partial charge in [0.1, 0.15) is 0 Å². The number of nitrogens with two attached hydrogens (primary N) is 1. The zero-order valence-electron chi connectivity index (χ0n) is 8.18. The molecular weight excluding hydrogens is 196 g/mol. The summed E-state index contributed by atoms with van der Waals surface area (Å²) >= 11 is 0. The third kappa shape index (κ3) is 1.92. The van der Waals surface area contributed by atoms with Crippen molar-refractivity contribution in [1.29, 1.82) is 0 Å². The topological polar surface area (TPSA) is 76.5 Å². The molecule has 2 rings (SSSR count). The maximum atomic E-state index is 11.6. The Labute approximate surface area is 86.8 Å². The molecule has 0 spiro atoms. The lowest BCUT2D eigenvalue weighted by molar-refractivity contribution is -0.126. The van der Waals surface area contributed by atoms with Crippen molar-refractivity contribution in [2.24, 2.45) is 5.73 Å². The van der Waals surface area contributed by atoms with Crippen LogP contribution in [-0.4, -0.2) is 35.7 Å². The summed E-state index contributed by atoms with van der Waals surface area (Å²) in [5.74, 6) is -0.162. The van der Waals surface area contributed by atoms with E-state index < -0.39 is 0 Å². The molecule has 1 atom stereocenters. The van der Waals surface area contributed by atoms with Gasteiger partial charge in [0.05, 0.1) is 18.8 Å². The van der Waals surface area contributed by atoms with Gasteiger partial charge in [-0.3, -0.25) is 14.5 Å². The molecule has 1 fully saturated rings. The van der Waals surface area contributed by atoms with Crippen LogP contribution in [0.25, 0.3) is 0 Å². The van der Waals surface area contributed by atoms with Gasteiger partial charge in [0, 0.05) is 6.54 Å². The van der Waals surface area contributed by atoms with E-state index in [0.29, 0.717) is 5.76 Å². The van der Waals surface area contributed by atoms with Crippen LogP contribution in [0.15, 0.2) is 22.8 Å². The van der Waals surface area contributed by atoms with E-state index in [-0.39, 0.29) is 24.3 Å². The summed E-state index contributed by atoms with van der Waals surface area (Å²) in [7, 11) is 0. The Balaban J connectivity index is 1.93. The predicted molar refractivity (Wildman–Crippen MR) is 52.2 cm³/mol. The lowest BCUT2D eigenvalue weighted by Crippen LogP contribution is -2.56. The Morgan fingerprint density at radius 2 is 2.40 bits per heavy atom. The molecule has 15 heavy (non-hydrogen) atoms. The van der Waals surface area contributed by atoms with Gasteiger partial charge in [0.2, 0.25) is 11.7 Å². The van der Waals surface area contributed by atoms with Crippen LogP contribution >= 0.6 is 0 Å². The molecule has 1 saturated heterocycles. The number of amides is 1. The highest BCUT2D eigenvalue weighted by molar-refractivity contribution is 5.95. The van der Waals surface area contributed by atoms with Crippen LogP contribution in [0.2, 0.25) is 0 Å². The van der Waals surface area contributed by atoms with Crippen molar-refractivity contribution in [1.82, 2.24) is 4.90 Å². The van der Waals surface area contributed by atoms with Gasteiger partial charge in [-0.2, -0.15) is 0 Å². The highest BCUT2D eigenvalue weighted by Crippen LogP contribution is 2.17. The van der Waals surface area contributed by atoms with Gasteiger partial charge in [0.15, 0.2) is 5.76 Å². The van der Waals surface area contributed by atoms with Gasteiger partial charge in [-0.25, -0.2) is 0 Å². The highest BCUT2D eigenvalue weighted by atomic mass is 16.3. The number of carbonyl (C=O) groups excluding carboxylic acids is 2. The summed E-state index contributed by atoms with van der Waals surface area (Å²) in [5, 5.41) is 0. The van der Waals surface area contributed by atoms with E-state index in [1.807, 2.05) is 0 Å². The lowest BCUT2D eigenvalue weighted by atomic mass is 10.0. The fraction of sp³-hybridized carbons (Fsp3) is 0.400. The highest BCUT2D eigenvalue weighted by Gasteiger charge is 2.34. The Kier molecular flexibility index (Phi) is 2.55. The Morgan fingerprint density at radius 1 is 1.60 bits per heavy atom. The molecule has 5 heteroatoms. The number of likely N-dealkylation sites (tertiary alicyclic amines) is 1. The first-order valence-electron chi connectivity index (χ1n) is 4.78. The molecule has 1 aromatic rings. The molecule has 80 valence electrons. The second kappa shape index (κ2) is 3.86. The van der Waals surface area contributed by atoms with Crippen molar-refractivity contribution in [3.8, 4) is 0 Å². The monoisotopic (exact) mass is 208 g/mol. The second-order valence-electron chi connectivity index (χ2n) is 3.58. The standard InChI is InChI=1S/C10H12N2O3/c11-10(14)7-3-4-12(7)6-8(13)9-2-1-5-15-9/h1-2,5,7H,3-4,6H2,(H2,11,14). The van der Waals surface area contributed by atoms with E-state index in [2.05, 4.69) is 0 Å². The van der Waals surface area contributed by atoms with Crippen LogP contribution in [0.1, 0.15) is 17.0 Å². The normalized spacial score (nSPS) is 20.9. The number of primary amides is 1. The largest absolute Gasteiger partial charge is 0.461 e. The van der Waals surface area contributed by atoms with Gasteiger partial charge in [0.25, 0.3) is 0 Å². The zero-order chi connectivity index (χ0) is 10.8. The molecule has 1 unspecified atom stereocenters. The van der Waals surface area contributed by atoms with Crippen molar-refractivity contribution in [2.45, 2.75) is 12.5 Å². The number of nitrogens with zero attached hydrogens (tertiary/aromatic N) is 1. The molecule has 0 bridgehead atoms. The van der Waals surface area contributed by atoms with E-state index >= 15 is 0 Å². The summed E-state index contributed by atoms with van der Waals surface area (Å²) < 4.78 is 4.97. The molecule has 1 aliphatic heterocycles. The molecule has 2 N–H and O–H groups in total. The summed E-state index contributed by atoms with van der Waals surface area (Å²) in [4.78, 5) is 24.3. The smallest absolute Gasteiger partial charge is 0.234 e. The Hall–Kier alpha value is -1.62. The average molecular weight is 208 g/mol. The minimum Gasteiger partial charge on any atom is -0.461 e. The molecule has 0 aliphatic carbocycles. The summed E-state index contributed by atoms with van der Waals surface area (Å²) in [6.07, 6.45) is 2.19. The number of hydrogen-bond donors (Lipinski definition) is 1. The number of furan rings is 1. The molecule has 2 heterocycles. The minimum absolute atomic E-state index is 0.119. The molecular formula is C10H12N2O3. The Bertz CT molecular complexity index is 372. The molecule has 1 aliphatic rings. The van der Waals surface area contributed by atoms with Crippen molar-refractivity contribution >= 4 is 11.7 Å². The quantitative estimate of drug-likeness (QED) is 0.708. The van der Waals surface area contributed by atoms with E-state index in [4.69, 9.17) is 10.2 Å². The number of rotatable bonds is 4. The van der Waals surface area contributed by atoms with Gasteiger partial charge in [-0.15, -0.1) is 0 Å². The summed E-state index contributed by atoms with van der Waals surface area (Å²) in [6.45, 7) is 0.932. The van der Waals surface area contributed by atoms with Crippen LogP contribution < -0.4 is 5.73 Å². The van der Waals surface area contributed by atoms with Crippen LogP contribution in [0.5, 0.6) is 0 Å². The molecule has 1 amide bonds. The zero-order valence-corrected chi connectivity index (χ0v) is 8.18. The van der Waals surface area contributed by atoms with E-state index in [1.165, 1.54) is 6.26 Å². The fourth-order valence-corrected chi connectivity index (χ4v) is 1.65. The number of ketones is 1. The van der Waals surface area contributed by atoms with E-state index in [0.717, 1.165) is 13.0 Å². The third-order valence-electron chi connectivity index (χ3n) is 2.60. The first kappa shape index (κ1) is 9.92. The third-order valence-corrected chi connectivity index (χ3v) is 2.60. The van der Waals surface area contributed by atoms with Crippen molar-refractivity contribution in [3.05, 3.63) is 24.2 Å². The fourth-order valence-electron chi connectivity index (χ4n) is 1.65. The minimum atomic E-state index is -0.367. The Morgan fingerprint density at radius 3 is 2.87 bits per heavy atom. The van der Waals surface area contributed by atoms with Crippen LogP contribution in [-0.2, 0) is 4.79 Å². The summed E-state index contributed by atoms with van der Waals surface area (Å²) in [5.41, 5.74) is 5.17. The van der Waals surface area contributed by atoms with Crippen molar-refractivity contribution < 1.29 is 14.0 Å². The molecule has 1 aromatic heterocycles. The van der Waals surface area contributed by atoms with Crippen molar-refractivity contribution in [3.63, 3.8) is 0 Å². The second-order valence-corrected chi connectivity index (χ2v) is 3.58. The van der Waals surface area contributed by atoms with E-state index in [1.54, 1.807) is 17.0 Å². The average Bonchev–Trinajstić information content (AvgIpc) is 2.63. The number of carbonyl (C=O) groups is 2. The molecule has 0 radical (unpaired) electrons.